The summed E-state index contributed by atoms with van der Waals surface area (Å²) in [4.78, 5) is 14.7. The lowest BCUT2D eigenvalue weighted by atomic mass is 9.79. The van der Waals surface area contributed by atoms with Gasteiger partial charge in [-0.05, 0) is 53.7 Å². The number of nitrogens with zero attached hydrogens (tertiary/aromatic N) is 1. The minimum Gasteiger partial charge on any atom is -0.365 e. The van der Waals surface area contributed by atoms with Crippen molar-refractivity contribution in [2.45, 2.75) is 52.5 Å². The Morgan fingerprint density at radius 3 is 2.58 bits per heavy atom. The second-order valence-electron chi connectivity index (χ2n) is 7.54. The van der Waals surface area contributed by atoms with Gasteiger partial charge in [0.1, 0.15) is 0 Å². The summed E-state index contributed by atoms with van der Waals surface area (Å²) in [5.41, 5.74) is 9.90. The SMILES string of the molecule is CCc1[pH]c(C(N)=O)c([C@@H]2CN(Cc3ccccc3)CC[C@H]2C)c1CC. The van der Waals surface area contributed by atoms with E-state index in [4.69, 9.17) is 5.73 Å². The molecule has 1 aliphatic heterocycles. The summed E-state index contributed by atoms with van der Waals surface area (Å²) in [5, 5.41) is 2.36. The molecule has 2 N–H and O–H groups in total. The molecule has 1 fully saturated rings. The van der Waals surface area contributed by atoms with Gasteiger partial charge in [-0.15, -0.1) is 8.19 Å². The summed E-state index contributed by atoms with van der Waals surface area (Å²) in [6, 6.07) is 10.7. The predicted octanol–water partition coefficient (Wildman–Crippen LogP) is 4.57. The maximum absolute atomic E-state index is 12.2. The van der Waals surface area contributed by atoms with Crippen molar-refractivity contribution in [1.29, 1.82) is 0 Å². The van der Waals surface area contributed by atoms with E-state index in [1.165, 1.54) is 28.4 Å². The fraction of sp³-hybridized carbons (Fsp3) is 0.500. The van der Waals surface area contributed by atoms with Gasteiger partial charge >= 0.3 is 0 Å². The Bertz CT molecular complexity index is 753. The van der Waals surface area contributed by atoms with Gasteiger partial charge in [0.2, 0.25) is 0 Å². The normalized spacial score (nSPS) is 21.3. The van der Waals surface area contributed by atoms with E-state index in [9.17, 15) is 4.79 Å². The van der Waals surface area contributed by atoms with Crippen molar-refractivity contribution in [2.24, 2.45) is 11.7 Å². The maximum Gasteiger partial charge on any atom is 0.252 e. The van der Waals surface area contributed by atoms with Crippen molar-refractivity contribution in [2.75, 3.05) is 13.1 Å². The molecule has 0 radical (unpaired) electrons. The molecule has 4 heteroatoms. The zero-order chi connectivity index (χ0) is 18.7. The van der Waals surface area contributed by atoms with Crippen LogP contribution in [-0.4, -0.2) is 23.9 Å². The standard InChI is InChI=1S/C22H31N2OP/c1-4-17-19(5-2)26-21(22(23)25)20(17)18-14-24(12-11-15(18)3)13-16-9-7-6-8-10-16/h6-10,15,18,26H,4-5,11-14H2,1-3H3,(H2,23,25)/t15-,18-/m1/s1. The Balaban J connectivity index is 1.91. The molecule has 1 aromatic carbocycles. The molecule has 0 saturated carbocycles. The third-order valence-corrected chi connectivity index (χ3v) is 7.57. The summed E-state index contributed by atoms with van der Waals surface area (Å²) >= 11 is 0. The number of hydrogen-bond donors (Lipinski definition) is 1. The maximum atomic E-state index is 12.2. The van der Waals surface area contributed by atoms with Gasteiger partial charge in [-0.25, -0.2) is 0 Å². The molecule has 2 heterocycles. The van der Waals surface area contributed by atoms with Gasteiger partial charge in [0.25, 0.3) is 5.91 Å². The van der Waals surface area contributed by atoms with Crippen molar-refractivity contribution < 1.29 is 4.79 Å². The highest BCUT2D eigenvalue weighted by atomic mass is 31.0. The van der Waals surface area contributed by atoms with Crippen LogP contribution in [0.15, 0.2) is 30.3 Å². The van der Waals surface area contributed by atoms with Gasteiger partial charge in [0, 0.05) is 19.0 Å². The van der Waals surface area contributed by atoms with E-state index in [2.05, 4.69) is 56.0 Å². The lowest BCUT2D eigenvalue weighted by Gasteiger charge is -2.38. The van der Waals surface area contributed by atoms with Crippen LogP contribution in [0.1, 0.15) is 65.2 Å². The Morgan fingerprint density at radius 1 is 1.23 bits per heavy atom. The fourth-order valence-electron chi connectivity index (χ4n) is 4.41. The minimum atomic E-state index is -0.208. The molecule has 140 valence electrons. The highest BCUT2D eigenvalue weighted by Crippen LogP contribution is 2.43. The summed E-state index contributed by atoms with van der Waals surface area (Å²) in [5.74, 6) is 0.801. The van der Waals surface area contributed by atoms with Crippen LogP contribution >= 0.6 is 8.19 Å². The number of carbonyl (C=O) groups is 1. The zero-order valence-corrected chi connectivity index (χ0v) is 17.2. The van der Waals surface area contributed by atoms with Crippen molar-refractivity contribution >= 4 is 14.1 Å². The molecule has 1 amide bonds. The molecule has 1 unspecified atom stereocenters. The van der Waals surface area contributed by atoms with Crippen LogP contribution < -0.4 is 5.73 Å². The Morgan fingerprint density at radius 2 is 1.96 bits per heavy atom. The number of hydrogen-bond acceptors (Lipinski definition) is 2. The molecule has 0 aliphatic carbocycles. The molecule has 2 aromatic rings. The largest absolute Gasteiger partial charge is 0.365 e. The number of amides is 1. The van der Waals surface area contributed by atoms with Crippen LogP contribution in [0.4, 0.5) is 0 Å². The first kappa shape index (κ1) is 19.2. The number of aryl methyl sites for hydroxylation is 1. The topological polar surface area (TPSA) is 46.3 Å². The number of likely N-dealkylation sites (tertiary alicyclic amines) is 1. The minimum absolute atomic E-state index is 0.208. The molecule has 3 atom stereocenters. The number of piperidine rings is 1. The number of nitrogens with two attached hydrogens (primary N) is 1. The van der Waals surface area contributed by atoms with Gasteiger partial charge in [0.15, 0.2) is 0 Å². The number of benzene rings is 1. The smallest absolute Gasteiger partial charge is 0.252 e. The highest BCUT2D eigenvalue weighted by molar-refractivity contribution is 7.33. The molecular formula is C22H31N2OP. The van der Waals surface area contributed by atoms with E-state index >= 15 is 0 Å². The van der Waals surface area contributed by atoms with E-state index in [1.807, 2.05) is 0 Å². The first-order valence-electron chi connectivity index (χ1n) is 9.84. The first-order valence-corrected chi connectivity index (χ1v) is 10.8. The van der Waals surface area contributed by atoms with Gasteiger partial charge in [0.05, 0.1) is 5.30 Å². The molecule has 1 aliphatic rings. The van der Waals surface area contributed by atoms with Crippen LogP contribution in [-0.2, 0) is 19.4 Å². The van der Waals surface area contributed by atoms with Gasteiger partial charge in [-0.1, -0.05) is 51.1 Å². The lowest BCUT2D eigenvalue weighted by Crippen LogP contribution is -2.38. The highest BCUT2D eigenvalue weighted by Gasteiger charge is 2.33. The summed E-state index contributed by atoms with van der Waals surface area (Å²) in [7, 11) is 0.485. The number of carbonyl (C=O) groups excluding carboxylic acids is 1. The van der Waals surface area contributed by atoms with Crippen LogP contribution in [0.2, 0.25) is 0 Å². The van der Waals surface area contributed by atoms with Crippen molar-refractivity contribution in [3.63, 3.8) is 0 Å². The van der Waals surface area contributed by atoms with E-state index in [1.54, 1.807) is 0 Å². The van der Waals surface area contributed by atoms with Crippen LogP contribution in [0.25, 0.3) is 0 Å². The molecular weight excluding hydrogens is 339 g/mol. The van der Waals surface area contributed by atoms with Crippen molar-refractivity contribution in [1.82, 2.24) is 4.90 Å². The first-order chi connectivity index (χ1) is 12.5. The molecule has 0 bridgehead atoms. The Labute approximate surface area is 159 Å². The van der Waals surface area contributed by atoms with E-state index in [-0.39, 0.29) is 5.91 Å². The van der Waals surface area contributed by atoms with Crippen LogP contribution in [0, 0.1) is 5.92 Å². The summed E-state index contributed by atoms with van der Waals surface area (Å²) < 4.78 is 0. The third kappa shape index (κ3) is 3.89. The summed E-state index contributed by atoms with van der Waals surface area (Å²) in [6.07, 6.45) is 3.20. The molecule has 0 spiro atoms. The summed E-state index contributed by atoms with van der Waals surface area (Å²) in [6.45, 7) is 9.89. The fourth-order valence-corrected chi connectivity index (χ4v) is 5.95. The number of primary amides is 1. The second kappa shape index (κ2) is 8.41. The second-order valence-corrected chi connectivity index (χ2v) is 8.89. The van der Waals surface area contributed by atoms with Crippen LogP contribution in [0.3, 0.4) is 0 Å². The molecule has 1 saturated heterocycles. The Kier molecular flexibility index (Phi) is 6.21. The van der Waals surface area contributed by atoms with E-state index in [0.717, 1.165) is 37.8 Å². The van der Waals surface area contributed by atoms with Gasteiger partial charge in [-0.2, -0.15) is 0 Å². The lowest BCUT2D eigenvalue weighted by molar-refractivity contribution is 0.1000. The molecule has 3 rings (SSSR count). The van der Waals surface area contributed by atoms with Crippen molar-refractivity contribution in [3.05, 3.63) is 57.6 Å². The molecule has 1 aromatic heterocycles. The monoisotopic (exact) mass is 370 g/mol. The molecule has 3 nitrogen and oxygen atoms in total. The zero-order valence-electron chi connectivity index (χ0n) is 16.2. The quantitative estimate of drug-likeness (QED) is 0.810. The predicted molar refractivity (Wildman–Crippen MR) is 111 cm³/mol. The van der Waals surface area contributed by atoms with E-state index in [0.29, 0.717) is 20.0 Å². The third-order valence-electron chi connectivity index (χ3n) is 5.85. The van der Waals surface area contributed by atoms with Crippen LogP contribution in [0.5, 0.6) is 0 Å². The number of rotatable bonds is 6. The average molecular weight is 370 g/mol. The van der Waals surface area contributed by atoms with E-state index < -0.39 is 0 Å². The Hall–Kier alpha value is -1.57. The van der Waals surface area contributed by atoms with Gasteiger partial charge in [-0.3, -0.25) is 9.69 Å². The van der Waals surface area contributed by atoms with Gasteiger partial charge < -0.3 is 5.73 Å². The average Bonchev–Trinajstić information content (AvgIpc) is 3.03. The molecule has 26 heavy (non-hydrogen) atoms. The van der Waals surface area contributed by atoms with Crippen molar-refractivity contribution in [3.8, 4) is 0 Å².